The van der Waals surface area contributed by atoms with Crippen molar-refractivity contribution >= 4 is 41.1 Å². The largest absolute Gasteiger partial charge is 0.481 e. The Morgan fingerprint density at radius 3 is 2.35 bits per heavy atom. The number of benzene rings is 2. The summed E-state index contributed by atoms with van der Waals surface area (Å²) in [5.41, 5.74) is 4.82. The van der Waals surface area contributed by atoms with Gasteiger partial charge in [0.25, 0.3) is 17.7 Å². The molecule has 2 aromatic rings. The van der Waals surface area contributed by atoms with E-state index in [-0.39, 0.29) is 10.6 Å². The second-order valence-corrected chi connectivity index (χ2v) is 7.87. The van der Waals surface area contributed by atoms with Crippen LogP contribution in [-0.4, -0.2) is 41.9 Å². The van der Waals surface area contributed by atoms with Crippen molar-refractivity contribution in [3.05, 3.63) is 64.9 Å². The van der Waals surface area contributed by atoms with Gasteiger partial charge in [0.05, 0.1) is 10.6 Å². The number of carbonyl (C=O) groups is 3. The standard InChI is InChI=1S/C21H23ClFN3O4S/c1-13(30-15-9-7-14(23)8-10-15)19(27)25-26-21(29)18(11-12-31-2)24-20(28)16-5-3-4-6-17(16)22/h3-10,13,18H,11-12H2,1-2H3,(H,24,28)(H,25,27)(H,26,29)/t13-,18+/m1/s1. The maximum atomic E-state index is 13.0. The third kappa shape index (κ3) is 7.76. The number of amides is 3. The van der Waals surface area contributed by atoms with Crippen LogP contribution in [0.3, 0.4) is 0 Å². The molecule has 0 aliphatic heterocycles. The van der Waals surface area contributed by atoms with Crippen LogP contribution in [0.4, 0.5) is 4.39 Å². The molecular weight excluding hydrogens is 445 g/mol. The molecular formula is C21H23ClFN3O4S. The molecule has 3 N–H and O–H groups in total. The molecule has 3 amide bonds. The minimum atomic E-state index is -0.951. The van der Waals surface area contributed by atoms with Gasteiger partial charge in [0.1, 0.15) is 17.6 Å². The van der Waals surface area contributed by atoms with Crippen LogP contribution in [0.15, 0.2) is 48.5 Å². The first-order chi connectivity index (χ1) is 14.8. The molecule has 0 saturated heterocycles. The van der Waals surface area contributed by atoms with Crippen molar-refractivity contribution in [1.82, 2.24) is 16.2 Å². The average molecular weight is 468 g/mol. The van der Waals surface area contributed by atoms with E-state index in [2.05, 4.69) is 16.2 Å². The monoisotopic (exact) mass is 467 g/mol. The summed E-state index contributed by atoms with van der Waals surface area (Å²) in [5.74, 6) is -1.20. The Bertz CT molecular complexity index is 914. The summed E-state index contributed by atoms with van der Waals surface area (Å²) in [4.78, 5) is 37.3. The Hall–Kier alpha value is -2.78. The Balaban J connectivity index is 1.93. The van der Waals surface area contributed by atoms with Crippen molar-refractivity contribution < 1.29 is 23.5 Å². The molecule has 7 nitrogen and oxygen atoms in total. The van der Waals surface area contributed by atoms with Gasteiger partial charge in [0, 0.05) is 0 Å². The van der Waals surface area contributed by atoms with Crippen LogP contribution in [-0.2, 0) is 9.59 Å². The number of hydrazine groups is 1. The van der Waals surface area contributed by atoms with Crippen LogP contribution in [0.2, 0.25) is 5.02 Å². The summed E-state index contributed by atoms with van der Waals surface area (Å²) in [6.45, 7) is 1.48. The summed E-state index contributed by atoms with van der Waals surface area (Å²) in [6.07, 6.45) is 1.27. The molecule has 0 aliphatic carbocycles. The fourth-order valence-electron chi connectivity index (χ4n) is 2.47. The van der Waals surface area contributed by atoms with Crippen LogP contribution < -0.4 is 20.9 Å². The molecule has 10 heteroatoms. The van der Waals surface area contributed by atoms with Gasteiger partial charge in [-0.3, -0.25) is 25.2 Å². The maximum absolute atomic E-state index is 13.0. The first-order valence-electron chi connectivity index (χ1n) is 9.38. The third-order valence-corrected chi connectivity index (χ3v) is 5.13. The summed E-state index contributed by atoms with van der Waals surface area (Å²) >= 11 is 7.56. The Morgan fingerprint density at radius 2 is 1.71 bits per heavy atom. The lowest BCUT2D eigenvalue weighted by Gasteiger charge is -2.20. The zero-order valence-corrected chi connectivity index (χ0v) is 18.6. The highest BCUT2D eigenvalue weighted by Gasteiger charge is 2.23. The fraction of sp³-hybridized carbons (Fsp3) is 0.286. The van der Waals surface area contributed by atoms with E-state index in [1.54, 1.807) is 24.3 Å². The van der Waals surface area contributed by atoms with Crippen molar-refractivity contribution in [2.24, 2.45) is 0 Å². The molecule has 0 aliphatic rings. The first-order valence-corrected chi connectivity index (χ1v) is 11.1. The highest BCUT2D eigenvalue weighted by Crippen LogP contribution is 2.15. The molecule has 0 unspecified atom stereocenters. The topological polar surface area (TPSA) is 96.5 Å². The van der Waals surface area contributed by atoms with Crippen LogP contribution in [0.5, 0.6) is 5.75 Å². The summed E-state index contributed by atoms with van der Waals surface area (Å²) in [6, 6.07) is 10.8. The second-order valence-electron chi connectivity index (χ2n) is 6.48. The highest BCUT2D eigenvalue weighted by molar-refractivity contribution is 7.98. The summed E-state index contributed by atoms with van der Waals surface area (Å²) in [5, 5.41) is 2.91. The molecule has 2 aromatic carbocycles. The molecule has 0 heterocycles. The summed E-state index contributed by atoms with van der Waals surface area (Å²) in [7, 11) is 0. The van der Waals surface area contributed by atoms with Crippen LogP contribution in [0, 0.1) is 5.82 Å². The van der Waals surface area contributed by atoms with Crippen molar-refractivity contribution in [1.29, 1.82) is 0 Å². The van der Waals surface area contributed by atoms with Gasteiger partial charge < -0.3 is 10.1 Å². The lowest BCUT2D eigenvalue weighted by atomic mass is 10.1. The van der Waals surface area contributed by atoms with Crippen molar-refractivity contribution in [3.63, 3.8) is 0 Å². The normalized spacial score (nSPS) is 12.4. The predicted molar refractivity (Wildman–Crippen MR) is 118 cm³/mol. The van der Waals surface area contributed by atoms with Gasteiger partial charge in [-0.05, 0) is 61.8 Å². The van der Waals surface area contributed by atoms with Crippen LogP contribution in [0.1, 0.15) is 23.7 Å². The van der Waals surface area contributed by atoms with Crippen LogP contribution >= 0.6 is 23.4 Å². The van der Waals surface area contributed by atoms with E-state index in [9.17, 15) is 18.8 Å². The van der Waals surface area contributed by atoms with Gasteiger partial charge in [-0.15, -0.1) is 0 Å². The van der Waals surface area contributed by atoms with Gasteiger partial charge in [0.15, 0.2) is 6.10 Å². The Morgan fingerprint density at radius 1 is 1.06 bits per heavy atom. The number of hydrogen-bond acceptors (Lipinski definition) is 5. The number of thioether (sulfide) groups is 1. The number of halogens is 2. The molecule has 166 valence electrons. The van der Waals surface area contributed by atoms with Crippen molar-refractivity contribution in [2.75, 3.05) is 12.0 Å². The minimum Gasteiger partial charge on any atom is -0.481 e. The Labute approximate surface area is 189 Å². The van der Waals surface area contributed by atoms with E-state index < -0.39 is 35.7 Å². The second kappa shape index (κ2) is 12.2. The van der Waals surface area contributed by atoms with E-state index in [4.69, 9.17) is 16.3 Å². The van der Waals surface area contributed by atoms with E-state index in [1.165, 1.54) is 43.0 Å². The molecule has 31 heavy (non-hydrogen) atoms. The van der Waals surface area contributed by atoms with Gasteiger partial charge in [0.2, 0.25) is 0 Å². The lowest BCUT2D eigenvalue weighted by Crippen LogP contribution is -2.54. The SMILES string of the molecule is CSCC[C@H](NC(=O)c1ccccc1Cl)C(=O)NNC(=O)[C@@H](C)Oc1ccc(F)cc1. The van der Waals surface area contributed by atoms with Gasteiger partial charge in [-0.1, -0.05) is 23.7 Å². The van der Waals surface area contributed by atoms with Gasteiger partial charge in [-0.2, -0.15) is 11.8 Å². The predicted octanol–water partition coefficient (Wildman–Crippen LogP) is 2.95. The maximum Gasteiger partial charge on any atom is 0.279 e. The number of rotatable bonds is 9. The molecule has 2 rings (SSSR count). The van der Waals surface area contributed by atoms with Crippen molar-refractivity contribution in [2.45, 2.75) is 25.5 Å². The molecule has 0 bridgehead atoms. The van der Waals surface area contributed by atoms with E-state index in [0.29, 0.717) is 17.9 Å². The lowest BCUT2D eigenvalue weighted by molar-refractivity contribution is -0.133. The molecule has 2 atom stereocenters. The quantitative estimate of drug-likeness (QED) is 0.493. The first kappa shape index (κ1) is 24.5. The minimum absolute atomic E-state index is 0.247. The fourth-order valence-corrected chi connectivity index (χ4v) is 3.16. The highest BCUT2D eigenvalue weighted by atomic mass is 35.5. The van der Waals surface area contributed by atoms with Crippen molar-refractivity contribution in [3.8, 4) is 5.75 Å². The number of nitrogens with one attached hydrogen (secondary N) is 3. The average Bonchev–Trinajstić information content (AvgIpc) is 2.76. The molecule has 0 fully saturated rings. The number of hydrogen-bond donors (Lipinski definition) is 3. The summed E-state index contributed by atoms with van der Waals surface area (Å²) < 4.78 is 18.4. The van der Waals surface area contributed by atoms with Crippen LogP contribution in [0.25, 0.3) is 0 Å². The molecule has 0 radical (unpaired) electrons. The molecule has 0 spiro atoms. The molecule has 0 aromatic heterocycles. The van der Waals surface area contributed by atoms with E-state index in [1.807, 2.05) is 6.26 Å². The van der Waals surface area contributed by atoms with Gasteiger partial charge in [-0.25, -0.2) is 4.39 Å². The molecule has 0 saturated carbocycles. The van der Waals surface area contributed by atoms with Gasteiger partial charge >= 0.3 is 0 Å². The third-order valence-electron chi connectivity index (χ3n) is 4.16. The zero-order chi connectivity index (χ0) is 22.8. The van der Waals surface area contributed by atoms with E-state index in [0.717, 1.165) is 0 Å². The zero-order valence-electron chi connectivity index (χ0n) is 17.0. The van der Waals surface area contributed by atoms with E-state index >= 15 is 0 Å². The Kier molecular flexibility index (Phi) is 9.61. The number of ether oxygens (including phenoxy) is 1. The smallest absolute Gasteiger partial charge is 0.279 e. The number of carbonyl (C=O) groups excluding carboxylic acids is 3.